The summed E-state index contributed by atoms with van der Waals surface area (Å²) in [5.41, 5.74) is 0. The van der Waals surface area contributed by atoms with Crippen molar-refractivity contribution in [1.82, 2.24) is 10.2 Å². The van der Waals surface area contributed by atoms with Crippen molar-refractivity contribution < 1.29 is 4.79 Å². The van der Waals surface area contributed by atoms with Crippen LogP contribution in [0.2, 0.25) is 0 Å². The number of carbonyl (C=O) groups excluding carboxylic acids is 1. The molecule has 1 N–H and O–H groups in total. The smallest absolute Gasteiger partial charge is 0.220 e. The fourth-order valence-corrected chi connectivity index (χ4v) is 2.29. The highest BCUT2D eigenvalue weighted by molar-refractivity contribution is 9.09. The quantitative estimate of drug-likeness (QED) is 0.748. The summed E-state index contributed by atoms with van der Waals surface area (Å²) in [6.45, 7) is 6.60. The highest BCUT2D eigenvalue weighted by Crippen LogP contribution is 2.09. The summed E-state index contributed by atoms with van der Waals surface area (Å²) in [6.07, 6.45) is 3.25. The number of hydrogen-bond acceptors (Lipinski definition) is 2. The Morgan fingerprint density at radius 1 is 1.47 bits per heavy atom. The lowest BCUT2D eigenvalue weighted by molar-refractivity contribution is -0.120. The Hall–Kier alpha value is -0.0900. The van der Waals surface area contributed by atoms with Crippen LogP contribution in [0.4, 0.5) is 0 Å². The molecule has 0 saturated carbocycles. The Labute approximate surface area is 101 Å². The Morgan fingerprint density at radius 3 is 2.73 bits per heavy atom. The van der Waals surface area contributed by atoms with Crippen LogP contribution in [0.1, 0.15) is 26.2 Å². The minimum Gasteiger partial charge on any atom is -0.356 e. The molecule has 1 amide bonds. The summed E-state index contributed by atoms with van der Waals surface area (Å²) in [7, 11) is 0. The zero-order valence-corrected chi connectivity index (χ0v) is 11.1. The lowest BCUT2D eigenvalue weighted by atomic mass is 10.1. The van der Waals surface area contributed by atoms with Crippen molar-refractivity contribution >= 4 is 21.8 Å². The maximum Gasteiger partial charge on any atom is 0.220 e. The number of carbonyl (C=O) groups is 1. The number of nitrogens with zero attached hydrogens (tertiary/aromatic N) is 1. The molecule has 0 aromatic heterocycles. The number of alkyl halides is 1. The van der Waals surface area contributed by atoms with Crippen molar-refractivity contribution in [3.8, 4) is 0 Å². The van der Waals surface area contributed by atoms with Crippen molar-refractivity contribution in [3.63, 3.8) is 0 Å². The van der Waals surface area contributed by atoms with Crippen LogP contribution < -0.4 is 5.32 Å². The maximum atomic E-state index is 11.2. The zero-order valence-electron chi connectivity index (χ0n) is 9.47. The van der Waals surface area contributed by atoms with Gasteiger partial charge in [0.1, 0.15) is 0 Å². The van der Waals surface area contributed by atoms with Crippen molar-refractivity contribution in [1.29, 1.82) is 0 Å². The summed E-state index contributed by atoms with van der Waals surface area (Å²) in [6, 6.07) is 0. The summed E-state index contributed by atoms with van der Waals surface area (Å²) in [4.78, 5) is 13.7. The van der Waals surface area contributed by atoms with Gasteiger partial charge in [-0.3, -0.25) is 4.79 Å². The van der Waals surface area contributed by atoms with Crippen LogP contribution in [0, 0.1) is 5.92 Å². The van der Waals surface area contributed by atoms with Crippen molar-refractivity contribution in [2.24, 2.45) is 5.92 Å². The van der Waals surface area contributed by atoms with Gasteiger partial charge in [0.05, 0.1) is 0 Å². The van der Waals surface area contributed by atoms with Crippen molar-refractivity contribution in [3.05, 3.63) is 0 Å². The highest BCUT2D eigenvalue weighted by Gasteiger charge is 2.14. The molecule has 1 heterocycles. The van der Waals surface area contributed by atoms with Crippen LogP contribution >= 0.6 is 15.9 Å². The molecular formula is C11H21BrN2O. The summed E-state index contributed by atoms with van der Waals surface area (Å²) in [5, 5.41) is 3.71. The fraction of sp³-hybridized carbons (Fsp3) is 0.909. The van der Waals surface area contributed by atoms with E-state index in [9.17, 15) is 4.79 Å². The summed E-state index contributed by atoms with van der Waals surface area (Å²) < 4.78 is 0. The molecule has 4 heteroatoms. The molecule has 0 bridgehead atoms. The van der Waals surface area contributed by atoms with E-state index in [0.717, 1.165) is 18.4 Å². The van der Waals surface area contributed by atoms with Gasteiger partial charge in [0.2, 0.25) is 5.91 Å². The van der Waals surface area contributed by atoms with E-state index in [-0.39, 0.29) is 5.91 Å². The van der Waals surface area contributed by atoms with E-state index in [4.69, 9.17) is 0 Å². The molecule has 15 heavy (non-hydrogen) atoms. The second-order valence-electron chi connectivity index (χ2n) is 4.36. The number of nitrogens with one attached hydrogen (secondary N) is 1. The van der Waals surface area contributed by atoms with E-state index in [2.05, 4.69) is 33.1 Å². The van der Waals surface area contributed by atoms with Crippen molar-refractivity contribution in [2.45, 2.75) is 26.2 Å². The molecule has 88 valence electrons. The molecule has 1 rings (SSSR count). The second kappa shape index (κ2) is 7.23. The number of amides is 1. The van der Waals surface area contributed by atoms with Crippen LogP contribution in [0.15, 0.2) is 0 Å². The van der Waals surface area contributed by atoms with Crippen LogP contribution in [-0.4, -0.2) is 42.3 Å². The first-order chi connectivity index (χ1) is 7.22. The van der Waals surface area contributed by atoms with Gasteiger partial charge in [0.25, 0.3) is 0 Å². The van der Waals surface area contributed by atoms with Gasteiger partial charge >= 0.3 is 0 Å². The van der Waals surface area contributed by atoms with E-state index < -0.39 is 0 Å². The summed E-state index contributed by atoms with van der Waals surface area (Å²) >= 11 is 3.26. The van der Waals surface area contributed by atoms with E-state index >= 15 is 0 Å². The van der Waals surface area contributed by atoms with Crippen LogP contribution in [0.25, 0.3) is 0 Å². The number of rotatable bonds is 6. The minimum absolute atomic E-state index is 0.153. The van der Waals surface area contributed by atoms with Crippen LogP contribution in [0.5, 0.6) is 0 Å². The van der Waals surface area contributed by atoms with Gasteiger partial charge in [-0.2, -0.15) is 0 Å². The molecule has 3 nitrogen and oxygen atoms in total. The van der Waals surface area contributed by atoms with E-state index in [1.54, 1.807) is 0 Å². The average Bonchev–Trinajstić information content (AvgIpc) is 2.68. The first kappa shape index (κ1) is 13.0. The van der Waals surface area contributed by atoms with Gasteiger partial charge in [-0.15, -0.1) is 0 Å². The maximum absolute atomic E-state index is 11.2. The molecule has 1 unspecified atom stereocenters. The molecule has 0 spiro atoms. The standard InChI is InChI=1S/C11H21BrN2O/c1-10(8-13-11(15)4-5-12)9-14-6-2-3-7-14/h10H,2-9H2,1H3,(H,13,15). The molecule has 0 aromatic rings. The molecule has 1 fully saturated rings. The highest BCUT2D eigenvalue weighted by atomic mass is 79.9. The topological polar surface area (TPSA) is 32.3 Å². The molecule has 1 saturated heterocycles. The SMILES string of the molecule is CC(CNC(=O)CCBr)CN1CCCC1. The third-order valence-electron chi connectivity index (χ3n) is 2.74. The monoisotopic (exact) mass is 276 g/mol. The predicted octanol–water partition coefficient (Wildman–Crippen LogP) is 1.62. The largest absolute Gasteiger partial charge is 0.356 e. The van der Waals surface area contributed by atoms with Gasteiger partial charge in [-0.25, -0.2) is 0 Å². The Kier molecular flexibility index (Phi) is 6.25. The van der Waals surface area contributed by atoms with Gasteiger partial charge in [-0.1, -0.05) is 22.9 Å². The normalized spacial score (nSPS) is 19.1. The third kappa shape index (κ3) is 5.52. The third-order valence-corrected chi connectivity index (χ3v) is 3.13. The molecule has 1 aliphatic rings. The van der Waals surface area contributed by atoms with E-state index in [0.29, 0.717) is 12.3 Å². The second-order valence-corrected chi connectivity index (χ2v) is 5.15. The van der Waals surface area contributed by atoms with Gasteiger partial charge < -0.3 is 10.2 Å². The fourth-order valence-electron chi connectivity index (χ4n) is 1.93. The number of likely N-dealkylation sites (tertiary alicyclic amines) is 1. The lowest BCUT2D eigenvalue weighted by Crippen LogP contribution is -2.34. The zero-order chi connectivity index (χ0) is 11.1. The molecule has 1 atom stereocenters. The molecule has 0 aliphatic carbocycles. The molecule has 0 radical (unpaired) electrons. The van der Waals surface area contributed by atoms with Gasteiger partial charge in [0, 0.05) is 24.8 Å². The lowest BCUT2D eigenvalue weighted by Gasteiger charge is -2.20. The Morgan fingerprint density at radius 2 is 2.13 bits per heavy atom. The Bertz CT molecular complexity index is 193. The minimum atomic E-state index is 0.153. The van der Waals surface area contributed by atoms with Gasteiger partial charge in [0.15, 0.2) is 0 Å². The average molecular weight is 277 g/mol. The van der Waals surface area contributed by atoms with Crippen LogP contribution in [0.3, 0.4) is 0 Å². The molecule has 0 aromatic carbocycles. The Balaban J connectivity index is 2.07. The van der Waals surface area contributed by atoms with Crippen molar-refractivity contribution in [2.75, 3.05) is 31.5 Å². The number of halogens is 1. The van der Waals surface area contributed by atoms with E-state index in [1.807, 2.05) is 0 Å². The predicted molar refractivity (Wildman–Crippen MR) is 66.3 cm³/mol. The first-order valence-corrected chi connectivity index (χ1v) is 6.89. The van der Waals surface area contributed by atoms with Gasteiger partial charge in [-0.05, 0) is 31.8 Å². The molecule has 1 aliphatic heterocycles. The number of hydrogen-bond donors (Lipinski definition) is 1. The molecular weight excluding hydrogens is 256 g/mol. The van der Waals surface area contributed by atoms with E-state index in [1.165, 1.54) is 25.9 Å². The summed E-state index contributed by atoms with van der Waals surface area (Å²) in [5.74, 6) is 0.711. The first-order valence-electron chi connectivity index (χ1n) is 5.77. The van der Waals surface area contributed by atoms with Crippen LogP contribution in [-0.2, 0) is 4.79 Å².